The highest BCUT2D eigenvalue weighted by Crippen LogP contribution is 2.15. The van der Waals surface area contributed by atoms with Gasteiger partial charge in [-0.2, -0.15) is 0 Å². The van der Waals surface area contributed by atoms with Gasteiger partial charge in [-0.3, -0.25) is 9.80 Å². The number of rotatable bonds is 6. The Bertz CT molecular complexity index is 665. The summed E-state index contributed by atoms with van der Waals surface area (Å²) in [6, 6.07) is 17.6. The van der Waals surface area contributed by atoms with E-state index in [4.69, 9.17) is 5.73 Å². The van der Waals surface area contributed by atoms with Gasteiger partial charge in [-0.25, -0.2) is 0 Å². The predicted octanol–water partition coefficient (Wildman–Crippen LogP) is 3.67. The lowest BCUT2D eigenvalue weighted by Gasteiger charge is -2.34. The average molecular weight is 335 g/mol. The van der Waals surface area contributed by atoms with E-state index >= 15 is 0 Å². The van der Waals surface area contributed by atoms with Gasteiger partial charge in [-0.15, -0.1) is 0 Å². The summed E-state index contributed by atoms with van der Waals surface area (Å²) >= 11 is 0. The second-order valence-electron chi connectivity index (χ2n) is 7.03. The molecule has 0 radical (unpaired) electrons. The SMILES string of the molecule is C=Cc1ccc(CN2CCN(Cc3ccc(C(C)N)cc3)CC2)cc1. The molecule has 2 aromatic carbocycles. The molecule has 0 aromatic heterocycles. The van der Waals surface area contributed by atoms with E-state index in [0.29, 0.717) is 0 Å². The molecule has 1 heterocycles. The van der Waals surface area contributed by atoms with Crippen LogP contribution in [0.1, 0.15) is 35.2 Å². The first-order valence-corrected chi connectivity index (χ1v) is 9.14. The van der Waals surface area contributed by atoms with Gasteiger partial charge in [-0.1, -0.05) is 61.2 Å². The molecule has 3 rings (SSSR count). The molecule has 0 aliphatic carbocycles. The third-order valence-corrected chi connectivity index (χ3v) is 5.00. The molecular formula is C22H29N3. The molecule has 0 saturated carbocycles. The van der Waals surface area contributed by atoms with Gasteiger partial charge in [-0.05, 0) is 29.2 Å². The van der Waals surface area contributed by atoms with Gasteiger partial charge in [0.15, 0.2) is 0 Å². The van der Waals surface area contributed by atoms with Crippen LogP contribution in [0.5, 0.6) is 0 Å². The molecule has 0 amide bonds. The minimum absolute atomic E-state index is 0.109. The molecule has 1 unspecified atom stereocenters. The molecule has 3 heteroatoms. The smallest absolute Gasteiger partial charge is 0.0266 e. The molecule has 0 spiro atoms. The minimum atomic E-state index is 0.109. The number of nitrogens with zero attached hydrogens (tertiary/aromatic N) is 2. The minimum Gasteiger partial charge on any atom is -0.324 e. The summed E-state index contributed by atoms with van der Waals surface area (Å²) in [4.78, 5) is 5.08. The van der Waals surface area contributed by atoms with E-state index in [9.17, 15) is 0 Å². The molecule has 0 bridgehead atoms. The van der Waals surface area contributed by atoms with Crippen LogP contribution in [-0.4, -0.2) is 36.0 Å². The van der Waals surface area contributed by atoms with Crippen molar-refractivity contribution in [1.82, 2.24) is 9.80 Å². The summed E-state index contributed by atoms with van der Waals surface area (Å²) in [5, 5.41) is 0. The van der Waals surface area contributed by atoms with Crippen molar-refractivity contribution in [3.63, 3.8) is 0 Å². The molecular weight excluding hydrogens is 306 g/mol. The molecule has 2 N–H and O–H groups in total. The van der Waals surface area contributed by atoms with Crippen LogP contribution in [0, 0.1) is 0 Å². The Labute approximate surface area is 151 Å². The van der Waals surface area contributed by atoms with Gasteiger partial charge >= 0.3 is 0 Å². The van der Waals surface area contributed by atoms with Crippen LogP contribution in [-0.2, 0) is 13.1 Å². The fourth-order valence-corrected chi connectivity index (χ4v) is 3.31. The highest BCUT2D eigenvalue weighted by atomic mass is 15.3. The molecule has 1 saturated heterocycles. The standard InChI is InChI=1S/C22H29N3/c1-3-19-4-6-20(7-5-19)16-24-12-14-25(15-13-24)17-21-8-10-22(11-9-21)18(2)23/h3-11,18H,1,12-17,23H2,2H3. The Morgan fingerprint density at radius 3 is 1.72 bits per heavy atom. The molecule has 1 aliphatic rings. The lowest BCUT2D eigenvalue weighted by atomic mass is 10.1. The average Bonchev–Trinajstić information content (AvgIpc) is 2.64. The largest absolute Gasteiger partial charge is 0.324 e. The second kappa shape index (κ2) is 8.43. The van der Waals surface area contributed by atoms with Crippen LogP contribution < -0.4 is 5.73 Å². The first-order chi connectivity index (χ1) is 12.1. The van der Waals surface area contributed by atoms with E-state index in [0.717, 1.165) is 39.3 Å². The van der Waals surface area contributed by atoms with Crippen molar-refractivity contribution in [2.45, 2.75) is 26.1 Å². The molecule has 1 atom stereocenters. The summed E-state index contributed by atoms with van der Waals surface area (Å²) in [6.45, 7) is 12.4. The second-order valence-corrected chi connectivity index (χ2v) is 7.03. The van der Waals surface area contributed by atoms with Gasteiger partial charge in [0.2, 0.25) is 0 Å². The summed E-state index contributed by atoms with van der Waals surface area (Å²) in [7, 11) is 0. The van der Waals surface area contributed by atoms with Gasteiger partial charge in [0, 0.05) is 45.3 Å². The Hall–Kier alpha value is -1.94. The molecule has 1 aliphatic heterocycles. The van der Waals surface area contributed by atoms with E-state index in [2.05, 4.69) is 64.9 Å². The Balaban J connectivity index is 1.47. The number of hydrogen-bond donors (Lipinski definition) is 1. The normalized spacial score (nSPS) is 17.4. The Morgan fingerprint density at radius 1 is 0.880 bits per heavy atom. The first-order valence-electron chi connectivity index (χ1n) is 9.14. The number of hydrogen-bond acceptors (Lipinski definition) is 3. The van der Waals surface area contributed by atoms with Gasteiger partial charge in [0.1, 0.15) is 0 Å². The van der Waals surface area contributed by atoms with Crippen molar-refractivity contribution in [3.05, 3.63) is 77.4 Å². The summed E-state index contributed by atoms with van der Waals surface area (Å²) in [5.41, 5.74) is 11.1. The van der Waals surface area contributed by atoms with Crippen molar-refractivity contribution in [1.29, 1.82) is 0 Å². The third kappa shape index (κ3) is 5.02. The van der Waals surface area contributed by atoms with Crippen LogP contribution in [0.2, 0.25) is 0 Å². The Morgan fingerprint density at radius 2 is 1.32 bits per heavy atom. The van der Waals surface area contributed by atoms with E-state index in [1.54, 1.807) is 0 Å². The Kier molecular flexibility index (Phi) is 6.03. The van der Waals surface area contributed by atoms with Crippen molar-refractivity contribution < 1.29 is 0 Å². The van der Waals surface area contributed by atoms with E-state index in [1.165, 1.54) is 22.3 Å². The molecule has 1 fully saturated rings. The molecule has 2 aromatic rings. The molecule has 132 valence electrons. The molecule has 25 heavy (non-hydrogen) atoms. The fraction of sp³-hybridized carbons (Fsp3) is 0.364. The predicted molar refractivity (Wildman–Crippen MR) is 106 cm³/mol. The quantitative estimate of drug-likeness (QED) is 0.874. The maximum absolute atomic E-state index is 5.92. The van der Waals surface area contributed by atoms with Crippen LogP contribution in [0.15, 0.2) is 55.1 Å². The van der Waals surface area contributed by atoms with Gasteiger partial charge in [0.25, 0.3) is 0 Å². The lowest BCUT2D eigenvalue weighted by molar-refractivity contribution is 0.122. The first kappa shape index (κ1) is 17.9. The zero-order valence-corrected chi connectivity index (χ0v) is 15.2. The fourth-order valence-electron chi connectivity index (χ4n) is 3.31. The summed E-state index contributed by atoms with van der Waals surface area (Å²) in [6.07, 6.45) is 1.89. The van der Waals surface area contributed by atoms with Crippen LogP contribution >= 0.6 is 0 Å². The van der Waals surface area contributed by atoms with E-state index in [-0.39, 0.29) is 6.04 Å². The van der Waals surface area contributed by atoms with Crippen LogP contribution in [0.25, 0.3) is 6.08 Å². The maximum atomic E-state index is 5.92. The number of benzene rings is 2. The lowest BCUT2D eigenvalue weighted by Crippen LogP contribution is -2.45. The van der Waals surface area contributed by atoms with E-state index < -0.39 is 0 Å². The number of nitrogens with two attached hydrogens (primary N) is 1. The van der Waals surface area contributed by atoms with Crippen LogP contribution in [0.3, 0.4) is 0 Å². The van der Waals surface area contributed by atoms with E-state index in [1.807, 2.05) is 13.0 Å². The highest BCUT2D eigenvalue weighted by Gasteiger charge is 2.17. The zero-order chi connectivity index (χ0) is 17.6. The summed E-state index contributed by atoms with van der Waals surface area (Å²) < 4.78 is 0. The maximum Gasteiger partial charge on any atom is 0.0266 e. The monoisotopic (exact) mass is 335 g/mol. The topological polar surface area (TPSA) is 32.5 Å². The zero-order valence-electron chi connectivity index (χ0n) is 15.2. The third-order valence-electron chi connectivity index (χ3n) is 5.00. The number of piperazine rings is 1. The van der Waals surface area contributed by atoms with Gasteiger partial charge < -0.3 is 5.73 Å². The van der Waals surface area contributed by atoms with Crippen molar-refractivity contribution >= 4 is 6.08 Å². The van der Waals surface area contributed by atoms with Gasteiger partial charge in [0.05, 0.1) is 0 Å². The highest BCUT2D eigenvalue weighted by molar-refractivity contribution is 5.47. The summed E-state index contributed by atoms with van der Waals surface area (Å²) in [5.74, 6) is 0. The van der Waals surface area contributed by atoms with Crippen molar-refractivity contribution in [2.75, 3.05) is 26.2 Å². The van der Waals surface area contributed by atoms with Crippen LogP contribution in [0.4, 0.5) is 0 Å². The van der Waals surface area contributed by atoms with Crippen molar-refractivity contribution in [3.8, 4) is 0 Å². The molecule has 3 nitrogen and oxygen atoms in total. The van der Waals surface area contributed by atoms with Crippen molar-refractivity contribution in [2.24, 2.45) is 5.73 Å².